The van der Waals surface area contributed by atoms with Crippen molar-refractivity contribution in [1.82, 2.24) is 14.4 Å². The van der Waals surface area contributed by atoms with E-state index in [0.717, 1.165) is 40.6 Å². The molecule has 0 bridgehead atoms. The molecule has 0 saturated carbocycles. The van der Waals surface area contributed by atoms with Crippen molar-refractivity contribution in [3.8, 4) is 0 Å². The minimum absolute atomic E-state index is 0.105. The molecule has 3 heterocycles. The summed E-state index contributed by atoms with van der Waals surface area (Å²) in [4.78, 5) is 35.7. The van der Waals surface area contributed by atoms with Crippen LogP contribution in [0.2, 0.25) is 0 Å². The van der Waals surface area contributed by atoms with E-state index in [1.54, 1.807) is 23.7 Å². The van der Waals surface area contributed by atoms with Crippen LogP contribution in [0.4, 0.5) is 4.39 Å². The lowest BCUT2D eigenvalue weighted by Crippen LogP contribution is -2.17. The molecule has 0 spiro atoms. The highest BCUT2D eigenvalue weighted by Gasteiger charge is 2.26. The number of halogens is 1. The number of hydrogen-bond acceptors (Lipinski definition) is 6. The van der Waals surface area contributed by atoms with Gasteiger partial charge < -0.3 is 4.74 Å². The number of thiazole rings is 1. The van der Waals surface area contributed by atoms with Crippen molar-refractivity contribution < 1.29 is 13.9 Å². The number of carbonyl (C=O) groups excluding carboxylic acids is 1. The largest absolute Gasteiger partial charge is 0.456 e. The number of ether oxygens (including phenoxy) is 1. The molecule has 0 atom stereocenters. The molecule has 2 aromatic carbocycles. The van der Waals surface area contributed by atoms with E-state index in [-0.39, 0.29) is 18.0 Å². The van der Waals surface area contributed by atoms with E-state index in [4.69, 9.17) is 9.72 Å². The van der Waals surface area contributed by atoms with E-state index in [1.165, 1.54) is 33.9 Å². The first-order valence-corrected chi connectivity index (χ1v) is 12.5. The third kappa shape index (κ3) is 4.09. The van der Waals surface area contributed by atoms with Gasteiger partial charge in [-0.15, -0.1) is 11.3 Å². The molecular weight excluding hydrogens is 477 g/mol. The Morgan fingerprint density at radius 3 is 2.81 bits per heavy atom. The van der Waals surface area contributed by atoms with E-state index in [2.05, 4.69) is 4.98 Å². The molecule has 6 rings (SSSR count). The van der Waals surface area contributed by atoms with Crippen LogP contribution in [0, 0.1) is 5.82 Å². The number of rotatable bonds is 4. The van der Waals surface area contributed by atoms with Crippen molar-refractivity contribution in [3.05, 3.63) is 110 Å². The number of allylic oxidation sites excluding steroid dienone is 1. The number of pyridine rings is 1. The molecule has 178 valence electrons. The van der Waals surface area contributed by atoms with Gasteiger partial charge in [-0.1, -0.05) is 30.3 Å². The molecule has 5 aromatic rings. The minimum atomic E-state index is -0.471. The maximum atomic E-state index is 13.5. The average Bonchev–Trinajstić information content (AvgIpc) is 3.37. The highest BCUT2D eigenvalue weighted by Crippen LogP contribution is 2.36. The Morgan fingerprint density at radius 2 is 1.94 bits per heavy atom. The third-order valence-corrected chi connectivity index (χ3v) is 7.05. The quantitative estimate of drug-likeness (QED) is 0.299. The summed E-state index contributed by atoms with van der Waals surface area (Å²) in [5.74, 6) is -0.758. The lowest BCUT2D eigenvalue weighted by Gasteiger charge is -2.22. The Morgan fingerprint density at radius 1 is 1.11 bits per heavy atom. The Bertz CT molecular complexity index is 1720. The maximum Gasteiger partial charge on any atom is 0.339 e. The van der Waals surface area contributed by atoms with Crippen LogP contribution < -0.4 is 5.56 Å². The van der Waals surface area contributed by atoms with Gasteiger partial charge in [0.25, 0.3) is 5.56 Å². The second-order valence-corrected chi connectivity index (χ2v) is 9.50. The van der Waals surface area contributed by atoms with Crippen LogP contribution in [0.5, 0.6) is 0 Å². The van der Waals surface area contributed by atoms with E-state index in [1.807, 2.05) is 30.3 Å². The van der Waals surface area contributed by atoms with Crippen molar-refractivity contribution in [1.29, 1.82) is 0 Å². The first-order chi connectivity index (χ1) is 17.6. The lowest BCUT2D eigenvalue weighted by molar-refractivity contribution is 0.0468. The number of benzene rings is 2. The van der Waals surface area contributed by atoms with Crippen LogP contribution in [0.25, 0.3) is 27.5 Å². The van der Waals surface area contributed by atoms with Gasteiger partial charge in [0.2, 0.25) is 0 Å². The molecule has 1 aliphatic carbocycles. The van der Waals surface area contributed by atoms with Crippen LogP contribution in [0.1, 0.15) is 45.7 Å². The lowest BCUT2D eigenvalue weighted by atomic mass is 9.86. The first-order valence-electron chi connectivity index (χ1n) is 11.6. The normalized spacial score (nSPS) is 14.3. The Kier molecular flexibility index (Phi) is 5.65. The van der Waals surface area contributed by atoms with Crippen LogP contribution in [-0.2, 0) is 17.8 Å². The molecule has 0 radical (unpaired) electrons. The van der Waals surface area contributed by atoms with Gasteiger partial charge in [0.1, 0.15) is 12.4 Å². The Hall–Kier alpha value is -4.17. The van der Waals surface area contributed by atoms with Gasteiger partial charge in [0.05, 0.1) is 22.5 Å². The van der Waals surface area contributed by atoms with Crippen LogP contribution >= 0.6 is 11.3 Å². The van der Waals surface area contributed by atoms with Crippen molar-refractivity contribution in [2.75, 3.05) is 0 Å². The van der Waals surface area contributed by atoms with Gasteiger partial charge in [-0.05, 0) is 60.2 Å². The number of fused-ring (bicyclic) bond motifs is 3. The smallest absolute Gasteiger partial charge is 0.339 e. The summed E-state index contributed by atoms with van der Waals surface area (Å²) in [6.07, 6.45) is 6.02. The fourth-order valence-electron chi connectivity index (χ4n) is 4.64. The highest BCUT2D eigenvalue weighted by atomic mass is 32.1. The Balaban J connectivity index is 1.40. The zero-order valence-corrected chi connectivity index (χ0v) is 19.9. The molecular formula is C28H20FN3O3S. The van der Waals surface area contributed by atoms with Crippen LogP contribution in [0.3, 0.4) is 0 Å². The molecule has 8 heteroatoms. The van der Waals surface area contributed by atoms with Gasteiger partial charge in [0.15, 0.2) is 4.96 Å². The Labute approximate surface area is 209 Å². The topological polar surface area (TPSA) is 73.6 Å². The number of aromatic nitrogens is 3. The fraction of sp³-hybridized carbons (Fsp3) is 0.143. The summed E-state index contributed by atoms with van der Waals surface area (Å²) >= 11 is 1.34. The zero-order valence-electron chi connectivity index (χ0n) is 19.1. The van der Waals surface area contributed by atoms with Gasteiger partial charge in [-0.25, -0.2) is 19.2 Å². The van der Waals surface area contributed by atoms with Crippen molar-refractivity contribution >= 4 is 44.8 Å². The zero-order chi connectivity index (χ0) is 24.6. The van der Waals surface area contributed by atoms with Crippen molar-refractivity contribution in [2.45, 2.75) is 25.9 Å². The number of carbonyl (C=O) groups is 1. The average molecular weight is 498 g/mol. The van der Waals surface area contributed by atoms with Crippen LogP contribution in [0.15, 0.2) is 71.0 Å². The number of hydrogen-bond donors (Lipinski definition) is 0. The molecule has 36 heavy (non-hydrogen) atoms. The number of nitrogens with zero attached hydrogens (tertiary/aromatic N) is 3. The summed E-state index contributed by atoms with van der Waals surface area (Å²) in [6, 6.07) is 15.2. The molecule has 0 N–H and O–H groups in total. The SMILES string of the molecule is O=C(OCc1cc(=O)n2ccsc2n1)c1c2c(nc3ccccc13)C(=Cc1ccc(F)cc1)CCC2. The molecule has 0 unspecified atom stereocenters. The second kappa shape index (κ2) is 9.13. The molecule has 0 fully saturated rings. The monoisotopic (exact) mass is 497 g/mol. The summed E-state index contributed by atoms with van der Waals surface area (Å²) in [6.45, 7) is -0.105. The summed E-state index contributed by atoms with van der Waals surface area (Å²) < 4.78 is 20.5. The van der Waals surface area contributed by atoms with Gasteiger partial charge in [0, 0.05) is 23.0 Å². The number of esters is 1. The van der Waals surface area contributed by atoms with E-state index in [0.29, 0.717) is 28.2 Å². The summed E-state index contributed by atoms with van der Waals surface area (Å²) in [5.41, 5.74) is 4.88. The molecule has 0 saturated heterocycles. The van der Waals surface area contributed by atoms with Crippen molar-refractivity contribution in [2.24, 2.45) is 0 Å². The predicted molar refractivity (Wildman–Crippen MR) is 137 cm³/mol. The van der Waals surface area contributed by atoms with E-state index >= 15 is 0 Å². The van der Waals surface area contributed by atoms with Gasteiger partial charge >= 0.3 is 5.97 Å². The summed E-state index contributed by atoms with van der Waals surface area (Å²) in [7, 11) is 0. The predicted octanol–water partition coefficient (Wildman–Crippen LogP) is 5.68. The standard InChI is InChI=1S/C28H20FN3O3S/c29-19-10-8-17(9-11-19)14-18-4-3-6-22-25(21-5-1-2-7-23(21)31-26(18)22)27(34)35-16-20-15-24(33)32-12-13-36-28(32)30-20/h1-2,5,7-15H,3-4,6,16H2. The molecule has 1 aliphatic rings. The minimum Gasteiger partial charge on any atom is -0.456 e. The van der Waals surface area contributed by atoms with Gasteiger partial charge in [-0.3, -0.25) is 9.20 Å². The van der Waals surface area contributed by atoms with Gasteiger partial charge in [-0.2, -0.15) is 0 Å². The first kappa shape index (κ1) is 22.3. The molecule has 3 aromatic heterocycles. The van der Waals surface area contributed by atoms with Crippen molar-refractivity contribution in [3.63, 3.8) is 0 Å². The maximum absolute atomic E-state index is 13.5. The van der Waals surface area contributed by atoms with E-state index < -0.39 is 5.97 Å². The highest BCUT2D eigenvalue weighted by molar-refractivity contribution is 7.15. The fourth-order valence-corrected chi connectivity index (χ4v) is 5.38. The molecule has 0 amide bonds. The molecule has 0 aliphatic heterocycles. The summed E-state index contributed by atoms with van der Waals surface area (Å²) in [5, 5.41) is 2.51. The molecule has 6 nitrogen and oxygen atoms in total. The second-order valence-electron chi connectivity index (χ2n) is 8.62. The van der Waals surface area contributed by atoms with Crippen LogP contribution in [-0.4, -0.2) is 20.3 Å². The number of para-hydroxylation sites is 1. The van der Waals surface area contributed by atoms with E-state index in [9.17, 15) is 14.0 Å². The third-order valence-electron chi connectivity index (χ3n) is 6.29.